The molecule has 1 rings (SSSR count). The summed E-state index contributed by atoms with van der Waals surface area (Å²) in [4.78, 5) is 0. The zero-order valence-electron chi connectivity index (χ0n) is 10.6. The van der Waals surface area contributed by atoms with Crippen molar-refractivity contribution < 1.29 is 14.9 Å². The molecule has 0 aromatic heterocycles. The van der Waals surface area contributed by atoms with Gasteiger partial charge in [0.25, 0.3) is 0 Å². The van der Waals surface area contributed by atoms with Crippen molar-refractivity contribution in [2.24, 2.45) is 0 Å². The Balaban J connectivity index is 2.76. The molecule has 4 heteroatoms. The van der Waals surface area contributed by atoms with Gasteiger partial charge in [-0.25, -0.2) is 0 Å². The normalized spacial score (nSPS) is 12.6. The van der Waals surface area contributed by atoms with Crippen LogP contribution in [0, 0.1) is 6.92 Å². The largest absolute Gasteiger partial charge is 0.489 e. The van der Waals surface area contributed by atoms with Crippen molar-refractivity contribution in [3.8, 4) is 5.75 Å². The van der Waals surface area contributed by atoms with Crippen LogP contribution in [0.3, 0.4) is 0 Å². The molecule has 0 aliphatic heterocycles. The second-order valence-corrected chi connectivity index (χ2v) is 4.38. The highest BCUT2D eigenvalue weighted by Crippen LogP contribution is 2.26. The third kappa shape index (κ3) is 4.63. The van der Waals surface area contributed by atoms with E-state index in [0.717, 1.165) is 17.0 Å². The average Bonchev–Trinajstić information content (AvgIpc) is 2.28. The van der Waals surface area contributed by atoms with E-state index in [-0.39, 0.29) is 12.7 Å². The van der Waals surface area contributed by atoms with Crippen LogP contribution in [-0.2, 0) is 0 Å². The lowest BCUT2D eigenvalue weighted by molar-refractivity contribution is 0.105. The van der Waals surface area contributed by atoms with Crippen molar-refractivity contribution in [1.82, 2.24) is 0 Å². The Labute approximate surface area is 102 Å². The number of hydrogen-bond donors (Lipinski definition) is 3. The molecule has 0 spiro atoms. The molecule has 1 unspecified atom stereocenters. The van der Waals surface area contributed by atoms with E-state index >= 15 is 0 Å². The van der Waals surface area contributed by atoms with E-state index in [4.69, 9.17) is 9.84 Å². The second-order valence-electron chi connectivity index (χ2n) is 4.38. The van der Waals surface area contributed by atoms with E-state index in [2.05, 4.69) is 5.32 Å². The Morgan fingerprint density at radius 2 is 2.06 bits per heavy atom. The number of hydrogen-bond acceptors (Lipinski definition) is 4. The maximum absolute atomic E-state index is 9.31. The van der Waals surface area contributed by atoms with E-state index in [1.165, 1.54) is 0 Å². The average molecular weight is 239 g/mol. The highest BCUT2D eigenvalue weighted by Gasteiger charge is 2.08. The summed E-state index contributed by atoms with van der Waals surface area (Å²) in [6, 6.07) is 5.84. The van der Waals surface area contributed by atoms with Crippen molar-refractivity contribution in [2.75, 3.05) is 18.5 Å². The van der Waals surface area contributed by atoms with Crippen LogP contribution in [0.25, 0.3) is 0 Å². The molecule has 0 saturated carbocycles. The van der Waals surface area contributed by atoms with Crippen molar-refractivity contribution in [1.29, 1.82) is 0 Å². The number of aliphatic hydroxyl groups excluding tert-OH is 2. The summed E-state index contributed by atoms with van der Waals surface area (Å²) >= 11 is 0. The molecule has 0 radical (unpaired) electrons. The number of anilines is 1. The summed E-state index contributed by atoms with van der Waals surface area (Å²) in [5, 5.41) is 21.1. The van der Waals surface area contributed by atoms with Gasteiger partial charge in [-0.2, -0.15) is 0 Å². The molecule has 0 aliphatic carbocycles. The van der Waals surface area contributed by atoms with Crippen molar-refractivity contribution in [3.63, 3.8) is 0 Å². The zero-order valence-corrected chi connectivity index (χ0v) is 10.6. The maximum Gasteiger partial charge on any atom is 0.142 e. The first-order valence-corrected chi connectivity index (χ1v) is 5.83. The Morgan fingerprint density at radius 3 is 2.65 bits per heavy atom. The smallest absolute Gasteiger partial charge is 0.142 e. The van der Waals surface area contributed by atoms with Gasteiger partial charge in [0, 0.05) is 6.54 Å². The van der Waals surface area contributed by atoms with Crippen LogP contribution in [0.4, 0.5) is 5.69 Å². The summed E-state index contributed by atoms with van der Waals surface area (Å²) in [6.45, 7) is 5.97. The molecule has 1 aromatic carbocycles. The van der Waals surface area contributed by atoms with Gasteiger partial charge in [-0.05, 0) is 38.5 Å². The van der Waals surface area contributed by atoms with Crippen LogP contribution in [0.1, 0.15) is 19.4 Å². The van der Waals surface area contributed by atoms with Gasteiger partial charge in [0.1, 0.15) is 5.75 Å². The highest BCUT2D eigenvalue weighted by atomic mass is 16.5. The van der Waals surface area contributed by atoms with E-state index in [1.54, 1.807) is 0 Å². The third-order valence-corrected chi connectivity index (χ3v) is 2.24. The van der Waals surface area contributed by atoms with E-state index in [0.29, 0.717) is 6.54 Å². The predicted molar refractivity (Wildman–Crippen MR) is 68.5 cm³/mol. The number of rotatable bonds is 6. The fraction of sp³-hybridized carbons (Fsp3) is 0.538. The number of aryl methyl sites for hydroxylation is 1. The SMILES string of the molecule is Cc1ccc(OC(C)C)c(NCC(O)CO)c1. The number of nitrogens with one attached hydrogen (secondary N) is 1. The predicted octanol–water partition coefficient (Wildman–Crippen LogP) is 1.55. The molecule has 1 aromatic rings. The molecule has 96 valence electrons. The standard InChI is InChI=1S/C13H21NO3/c1-9(2)17-13-5-4-10(3)6-12(13)14-7-11(16)8-15/h4-6,9,11,14-16H,7-8H2,1-3H3. The van der Waals surface area contributed by atoms with E-state index in [1.807, 2.05) is 39.0 Å². The molecule has 0 aliphatic rings. The first kappa shape index (κ1) is 13.8. The van der Waals surface area contributed by atoms with Gasteiger partial charge in [-0.3, -0.25) is 0 Å². The number of ether oxygens (including phenoxy) is 1. The fourth-order valence-electron chi connectivity index (χ4n) is 1.43. The lowest BCUT2D eigenvalue weighted by Gasteiger charge is -2.17. The minimum atomic E-state index is -0.762. The van der Waals surface area contributed by atoms with Gasteiger partial charge >= 0.3 is 0 Å². The summed E-state index contributed by atoms with van der Waals surface area (Å²) in [6.07, 6.45) is -0.663. The maximum atomic E-state index is 9.31. The van der Waals surface area contributed by atoms with Gasteiger partial charge < -0.3 is 20.3 Å². The molecule has 0 fully saturated rings. The minimum absolute atomic E-state index is 0.0982. The quantitative estimate of drug-likeness (QED) is 0.705. The van der Waals surface area contributed by atoms with Crippen molar-refractivity contribution in [3.05, 3.63) is 23.8 Å². The molecule has 3 N–H and O–H groups in total. The minimum Gasteiger partial charge on any atom is -0.489 e. The second kappa shape index (κ2) is 6.47. The first-order chi connectivity index (χ1) is 8.02. The lowest BCUT2D eigenvalue weighted by Crippen LogP contribution is -2.23. The van der Waals surface area contributed by atoms with E-state index in [9.17, 15) is 5.11 Å². The molecule has 1 atom stereocenters. The Morgan fingerprint density at radius 1 is 1.35 bits per heavy atom. The van der Waals surface area contributed by atoms with Crippen LogP contribution >= 0.6 is 0 Å². The van der Waals surface area contributed by atoms with Crippen molar-refractivity contribution in [2.45, 2.75) is 33.0 Å². The molecular weight excluding hydrogens is 218 g/mol. The van der Waals surface area contributed by atoms with E-state index < -0.39 is 6.10 Å². The van der Waals surface area contributed by atoms with Gasteiger partial charge in [0.15, 0.2) is 0 Å². The topological polar surface area (TPSA) is 61.7 Å². The van der Waals surface area contributed by atoms with Crippen LogP contribution in [0.5, 0.6) is 5.75 Å². The molecule has 0 saturated heterocycles. The van der Waals surface area contributed by atoms with Gasteiger partial charge in [-0.1, -0.05) is 6.07 Å². The van der Waals surface area contributed by atoms with Crippen LogP contribution in [0.15, 0.2) is 18.2 Å². The van der Waals surface area contributed by atoms with Gasteiger partial charge in [0.2, 0.25) is 0 Å². The fourth-order valence-corrected chi connectivity index (χ4v) is 1.43. The Bertz CT molecular complexity index is 353. The molecular formula is C13H21NO3. The molecule has 4 nitrogen and oxygen atoms in total. The number of aliphatic hydroxyl groups is 2. The summed E-state index contributed by atoms with van der Waals surface area (Å²) < 4.78 is 5.66. The van der Waals surface area contributed by atoms with Gasteiger partial charge in [0.05, 0.1) is 24.5 Å². The highest BCUT2D eigenvalue weighted by molar-refractivity contribution is 5.58. The van der Waals surface area contributed by atoms with Crippen LogP contribution in [0.2, 0.25) is 0 Å². The Kier molecular flexibility index (Phi) is 5.25. The molecule has 0 heterocycles. The molecule has 0 amide bonds. The lowest BCUT2D eigenvalue weighted by atomic mass is 10.2. The van der Waals surface area contributed by atoms with Crippen LogP contribution in [-0.4, -0.2) is 35.6 Å². The summed E-state index contributed by atoms with van der Waals surface area (Å²) in [5.41, 5.74) is 1.95. The van der Waals surface area contributed by atoms with Crippen LogP contribution < -0.4 is 10.1 Å². The van der Waals surface area contributed by atoms with Crippen molar-refractivity contribution >= 4 is 5.69 Å². The summed E-state index contributed by atoms with van der Waals surface area (Å²) in [7, 11) is 0. The Hall–Kier alpha value is -1.26. The molecule has 17 heavy (non-hydrogen) atoms. The summed E-state index contributed by atoms with van der Waals surface area (Å²) in [5.74, 6) is 0.760. The zero-order chi connectivity index (χ0) is 12.8. The van der Waals surface area contributed by atoms with Gasteiger partial charge in [-0.15, -0.1) is 0 Å². The number of benzene rings is 1. The monoisotopic (exact) mass is 239 g/mol. The first-order valence-electron chi connectivity index (χ1n) is 5.83. The molecule has 0 bridgehead atoms. The third-order valence-electron chi connectivity index (χ3n) is 2.24.